The van der Waals surface area contributed by atoms with Crippen molar-refractivity contribution in [2.45, 2.75) is 25.4 Å². The number of nitrogens with two attached hydrogens (primary N) is 1. The van der Waals surface area contributed by atoms with E-state index in [0.29, 0.717) is 31.8 Å². The summed E-state index contributed by atoms with van der Waals surface area (Å²) in [6.45, 7) is 0.679. The zero-order valence-corrected chi connectivity index (χ0v) is 17.8. The zero-order valence-electron chi connectivity index (χ0n) is 17.0. The van der Waals surface area contributed by atoms with E-state index in [4.69, 9.17) is 17.3 Å². The Morgan fingerprint density at radius 2 is 1.77 bits per heavy atom. The van der Waals surface area contributed by atoms with E-state index in [2.05, 4.69) is 15.6 Å². The molecule has 0 saturated heterocycles. The first kappa shape index (κ1) is 24.4. The first-order valence-electron chi connectivity index (χ1n) is 9.84. The predicted octanol–water partition coefficient (Wildman–Crippen LogP) is 0.157. The Morgan fingerprint density at radius 1 is 1.10 bits per heavy atom. The lowest BCUT2D eigenvalue weighted by Crippen LogP contribution is -2.48. The lowest BCUT2D eigenvalue weighted by Gasteiger charge is -2.19. The Kier molecular flexibility index (Phi) is 10.0. The Morgan fingerprint density at radius 3 is 2.45 bits per heavy atom. The van der Waals surface area contributed by atoms with Crippen molar-refractivity contribution >= 4 is 41.8 Å². The second kappa shape index (κ2) is 12.7. The topological polar surface area (TPSA) is 137 Å². The van der Waals surface area contributed by atoms with E-state index in [-0.39, 0.29) is 22.8 Å². The second-order valence-electron chi connectivity index (χ2n) is 6.84. The minimum atomic E-state index is -1.81. The summed E-state index contributed by atoms with van der Waals surface area (Å²) in [6, 6.07) is 14.7. The van der Waals surface area contributed by atoms with Crippen molar-refractivity contribution in [1.29, 1.82) is 0 Å². The van der Waals surface area contributed by atoms with Crippen LogP contribution in [-0.2, 0) is 11.3 Å². The third-order valence-corrected chi connectivity index (χ3v) is 4.79. The highest BCUT2D eigenvalue weighted by Gasteiger charge is 2.25. The van der Waals surface area contributed by atoms with Gasteiger partial charge >= 0.3 is 7.12 Å². The maximum absolute atomic E-state index is 12.8. The molecule has 0 aliphatic heterocycles. The molecule has 0 saturated carbocycles. The van der Waals surface area contributed by atoms with E-state index >= 15 is 0 Å². The molecule has 0 aliphatic carbocycles. The molecule has 0 aromatic heterocycles. The van der Waals surface area contributed by atoms with E-state index < -0.39 is 19.1 Å². The molecule has 164 valence electrons. The van der Waals surface area contributed by atoms with Crippen LogP contribution >= 0.6 is 11.6 Å². The third-order valence-electron chi connectivity index (χ3n) is 4.52. The number of carbonyl (C=O) groups excluding carboxylic acids is 2. The molecule has 2 amide bonds. The van der Waals surface area contributed by atoms with Crippen LogP contribution < -0.4 is 21.8 Å². The van der Waals surface area contributed by atoms with Gasteiger partial charge in [0.25, 0.3) is 5.91 Å². The van der Waals surface area contributed by atoms with Crippen LogP contribution in [0.15, 0.2) is 59.6 Å². The molecule has 0 radical (unpaired) electrons. The molecule has 0 unspecified atom stereocenters. The standard InChI is InChI=1S/C21H26BClN4O4/c23-13-19(24)25-12-6-11-18(21(29)26-14-15-7-2-1-3-8-15)27-20(28)16-9-4-5-10-17(16)22(30)31/h1-5,7-10,18,30-31H,6,11-14H2,(H2,24,25)(H,26,29)(H,27,28)/t18-/m0/s1. The highest BCUT2D eigenvalue weighted by Crippen LogP contribution is 2.05. The predicted molar refractivity (Wildman–Crippen MR) is 122 cm³/mol. The number of amides is 2. The molecular weight excluding hydrogens is 419 g/mol. The van der Waals surface area contributed by atoms with Gasteiger partial charge in [0.15, 0.2) is 0 Å². The van der Waals surface area contributed by atoms with Crippen LogP contribution in [0.2, 0.25) is 0 Å². The summed E-state index contributed by atoms with van der Waals surface area (Å²) in [5, 5.41) is 24.5. The first-order chi connectivity index (χ1) is 14.9. The van der Waals surface area contributed by atoms with E-state index in [1.165, 1.54) is 12.1 Å². The minimum Gasteiger partial charge on any atom is -0.423 e. The van der Waals surface area contributed by atoms with Crippen molar-refractivity contribution in [3.8, 4) is 0 Å². The molecule has 2 rings (SSSR count). The summed E-state index contributed by atoms with van der Waals surface area (Å²) >= 11 is 5.60. The van der Waals surface area contributed by atoms with Crippen molar-refractivity contribution < 1.29 is 19.6 Å². The van der Waals surface area contributed by atoms with Crippen LogP contribution in [0.4, 0.5) is 0 Å². The fraction of sp³-hybridized carbons (Fsp3) is 0.286. The number of alkyl halides is 1. The number of nitrogens with one attached hydrogen (secondary N) is 2. The molecule has 6 N–H and O–H groups in total. The zero-order chi connectivity index (χ0) is 22.6. The van der Waals surface area contributed by atoms with Gasteiger partial charge in [-0.05, 0) is 29.9 Å². The van der Waals surface area contributed by atoms with Crippen molar-refractivity contribution in [2.75, 3.05) is 12.4 Å². The molecule has 0 heterocycles. The molecule has 0 fully saturated rings. The molecule has 8 nitrogen and oxygen atoms in total. The monoisotopic (exact) mass is 444 g/mol. The number of carbonyl (C=O) groups is 2. The Labute approximate surface area is 186 Å². The van der Waals surface area contributed by atoms with E-state index in [1.54, 1.807) is 12.1 Å². The van der Waals surface area contributed by atoms with E-state index in [0.717, 1.165) is 5.56 Å². The van der Waals surface area contributed by atoms with Gasteiger partial charge in [0.05, 0.1) is 5.88 Å². The van der Waals surface area contributed by atoms with E-state index in [9.17, 15) is 19.6 Å². The maximum atomic E-state index is 12.8. The Balaban J connectivity index is 2.08. The summed E-state index contributed by atoms with van der Waals surface area (Å²) in [5.74, 6) is -0.500. The summed E-state index contributed by atoms with van der Waals surface area (Å²) in [7, 11) is -1.81. The molecule has 0 aliphatic rings. The average Bonchev–Trinajstić information content (AvgIpc) is 2.79. The van der Waals surface area contributed by atoms with Crippen LogP contribution in [0.3, 0.4) is 0 Å². The normalized spacial score (nSPS) is 12.2. The largest absolute Gasteiger partial charge is 0.489 e. The summed E-state index contributed by atoms with van der Waals surface area (Å²) in [6.07, 6.45) is 0.806. The lowest BCUT2D eigenvalue weighted by atomic mass is 9.77. The molecule has 1 atom stereocenters. The van der Waals surface area contributed by atoms with Crippen molar-refractivity contribution in [3.63, 3.8) is 0 Å². The van der Waals surface area contributed by atoms with E-state index in [1.807, 2.05) is 30.3 Å². The molecule has 0 bridgehead atoms. The highest BCUT2D eigenvalue weighted by atomic mass is 35.5. The highest BCUT2D eigenvalue weighted by molar-refractivity contribution is 6.60. The maximum Gasteiger partial charge on any atom is 0.489 e. The van der Waals surface area contributed by atoms with Crippen LogP contribution in [0, 0.1) is 0 Å². The van der Waals surface area contributed by atoms with Crippen molar-refractivity contribution in [2.24, 2.45) is 10.7 Å². The average molecular weight is 445 g/mol. The van der Waals surface area contributed by atoms with Gasteiger partial charge in [-0.25, -0.2) is 0 Å². The number of hydrogen-bond donors (Lipinski definition) is 5. The van der Waals surface area contributed by atoms with Gasteiger partial charge in [0, 0.05) is 18.7 Å². The van der Waals surface area contributed by atoms with Gasteiger partial charge in [0.1, 0.15) is 11.9 Å². The summed E-state index contributed by atoms with van der Waals surface area (Å²) in [5.41, 5.74) is 6.65. The fourth-order valence-electron chi connectivity index (χ4n) is 2.90. The number of rotatable bonds is 11. The van der Waals surface area contributed by atoms with Gasteiger partial charge in [-0.1, -0.05) is 48.5 Å². The molecule has 2 aromatic carbocycles. The Hall–Kier alpha value is -2.88. The molecule has 2 aromatic rings. The van der Waals surface area contributed by atoms with Gasteiger partial charge in [0.2, 0.25) is 5.91 Å². The second-order valence-corrected chi connectivity index (χ2v) is 7.11. The molecule has 31 heavy (non-hydrogen) atoms. The van der Waals surface area contributed by atoms with Gasteiger partial charge in [-0.15, -0.1) is 11.6 Å². The van der Waals surface area contributed by atoms with Crippen LogP contribution in [-0.4, -0.2) is 53.3 Å². The lowest BCUT2D eigenvalue weighted by molar-refractivity contribution is -0.123. The van der Waals surface area contributed by atoms with Crippen molar-refractivity contribution in [3.05, 3.63) is 65.7 Å². The van der Waals surface area contributed by atoms with Crippen LogP contribution in [0.1, 0.15) is 28.8 Å². The summed E-state index contributed by atoms with van der Waals surface area (Å²) < 4.78 is 0. The third kappa shape index (κ3) is 8.05. The molecular formula is C21H26BClN4O4. The Bertz CT molecular complexity index is 896. The molecule has 10 heteroatoms. The number of benzene rings is 2. The van der Waals surface area contributed by atoms with Crippen molar-refractivity contribution in [1.82, 2.24) is 10.6 Å². The number of aliphatic imine (C=N–C) groups is 1. The van der Waals surface area contributed by atoms with Gasteiger partial charge in [-0.2, -0.15) is 0 Å². The number of halogens is 1. The fourth-order valence-corrected chi connectivity index (χ4v) is 2.99. The minimum absolute atomic E-state index is 0.0583. The molecule has 0 spiro atoms. The quantitative estimate of drug-likeness (QED) is 0.110. The summed E-state index contributed by atoms with van der Waals surface area (Å²) in [4.78, 5) is 29.6. The number of hydrogen-bond acceptors (Lipinski definition) is 5. The number of nitrogens with zero attached hydrogens (tertiary/aromatic N) is 1. The smallest absolute Gasteiger partial charge is 0.423 e. The van der Waals surface area contributed by atoms with Gasteiger partial charge in [-0.3, -0.25) is 14.6 Å². The number of amidine groups is 1. The van der Waals surface area contributed by atoms with Gasteiger partial charge < -0.3 is 26.4 Å². The van der Waals surface area contributed by atoms with Crippen LogP contribution in [0.5, 0.6) is 0 Å². The SMILES string of the molecule is NC(CCl)=NCCC[C@H](NC(=O)c1ccccc1B(O)O)C(=O)NCc1ccccc1. The van der Waals surface area contributed by atoms with Crippen LogP contribution in [0.25, 0.3) is 0 Å². The first-order valence-corrected chi connectivity index (χ1v) is 10.4.